The van der Waals surface area contributed by atoms with E-state index in [4.69, 9.17) is 16.1 Å². The van der Waals surface area contributed by atoms with Gasteiger partial charge in [0.15, 0.2) is 5.82 Å². The number of aromatic nitrogens is 2. The second-order valence-electron chi connectivity index (χ2n) is 6.41. The second kappa shape index (κ2) is 7.79. The minimum Gasteiger partial charge on any atom is -0.339 e. The van der Waals surface area contributed by atoms with Crippen molar-refractivity contribution in [3.63, 3.8) is 0 Å². The molecule has 0 N–H and O–H groups in total. The van der Waals surface area contributed by atoms with Crippen molar-refractivity contribution in [2.24, 2.45) is 0 Å². The molecule has 128 valence electrons. The normalized spacial score (nSPS) is 14.4. The van der Waals surface area contributed by atoms with E-state index in [9.17, 15) is 4.79 Å². The van der Waals surface area contributed by atoms with Crippen molar-refractivity contribution >= 4 is 17.5 Å². The van der Waals surface area contributed by atoms with Crippen molar-refractivity contribution in [2.75, 3.05) is 7.05 Å². The van der Waals surface area contributed by atoms with E-state index in [0.29, 0.717) is 24.7 Å². The van der Waals surface area contributed by atoms with Gasteiger partial charge in [-0.3, -0.25) is 4.79 Å². The molecule has 0 spiro atoms. The third kappa shape index (κ3) is 4.35. The van der Waals surface area contributed by atoms with Crippen LogP contribution in [0.2, 0.25) is 5.02 Å². The van der Waals surface area contributed by atoms with Gasteiger partial charge in [-0.25, -0.2) is 0 Å². The summed E-state index contributed by atoms with van der Waals surface area (Å²) in [5.74, 6) is 1.83. The molecule has 0 atom stereocenters. The van der Waals surface area contributed by atoms with Crippen molar-refractivity contribution in [2.45, 2.75) is 51.0 Å². The lowest BCUT2D eigenvalue weighted by molar-refractivity contribution is -0.130. The highest BCUT2D eigenvalue weighted by molar-refractivity contribution is 6.30. The van der Waals surface area contributed by atoms with Crippen LogP contribution in [0.25, 0.3) is 0 Å². The molecule has 1 aliphatic rings. The maximum absolute atomic E-state index is 12.2. The van der Waals surface area contributed by atoms with Crippen LogP contribution in [-0.4, -0.2) is 28.0 Å². The van der Waals surface area contributed by atoms with Crippen LogP contribution in [0.15, 0.2) is 28.8 Å². The highest BCUT2D eigenvalue weighted by atomic mass is 35.5. The number of benzene rings is 1. The number of hydrogen-bond donors (Lipinski definition) is 0. The van der Waals surface area contributed by atoms with Crippen LogP contribution < -0.4 is 0 Å². The number of amides is 1. The van der Waals surface area contributed by atoms with Crippen LogP contribution in [-0.2, 0) is 17.8 Å². The van der Waals surface area contributed by atoms with Crippen LogP contribution in [0, 0.1) is 0 Å². The third-order valence-corrected chi connectivity index (χ3v) is 4.76. The lowest BCUT2D eigenvalue weighted by Crippen LogP contribution is -2.26. The molecule has 1 aliphatic carbocycles. The Balaban J connectivity index is 1.42. The highest BCUT2D eigenvalue weighted by Gasteiger charge is 2.25. The summed E-state index contributed by atoms with van der Waals surface area (Å²) in [5.41, 5.74) is 1.19. The molecule has 2 aromatic rings. The second-order valence-corrected chi connectivity index (χ2v) is 6.84. The zero-order chi connectivity index (χ0) is 16.9. The fraction of sp³-hybridized carbons (Fsp3) is 0.500. The molecule has 3 rings (SSSR count). The smallest absolute Gasteiger partial charge is 0.229 e. The minimum absolute atomic E-state index is 0.0963. The number of carbonyl (C=O) groups excluding carboxylic acids is 1. The number of hydrogen-bond acceptors (Lipinski definition) is 4. The first-order chi connectivity index (χ1) is 11.6. The fourth-order valence-corrected chi connectivity index (χ4v) is 2.86. The maximum atomic E-state index is 12.2. The summed E-state index contributed by atoms with van der Waals surface area (Å²) in [6.07, 6.45) is 5.66. The summed E-state index contributed by atoms with van der Waals surface area (Å²) in [6, 6.07) is 7.75. The van der Waals surface area contributed by atoms with Crippen LogP contribution in [0.4, 0.5) is 0 Å². The van der Waals surface area contributed by atoms with Crippen molar-refractivity contribution in [3.05, 3.63) is 46.6 Å². The van der Waals surface area contributed by atoms with Gasteiger partial charge < -0.3 is 9.42 Å². The monoisotopic (exact) mass is 347 g/mol. The number of carbonyl (C=O) groups is 1. The van der Waals surface area contributed by atoms with Crippen LogP contribution in [0.5, 0.6) is 0 Å². The summed E-state index contributed by atoms with van der Waals surface area (Å²) >= 11 is 5.87. The Morgan fingerprint density at radius 3 is 2.75 bits per heavy atom. The van der Waals surface area contributed by atoms with Gasteiger partial charge in [-0.15, -0.1) is 0 Å². The molecule has 5 nitrogen and oxygen atoms in total. The number of nitrogens with zero attached hydrogens (tertiary/aromatic N) is 3. The Morgan fingerprint density at radius 1 is 1.33 bits per heavy atom. The van der Waals surface area contributed by atoms with Crippen molar-refractivity contribution < 1.29 is 9.32 Å². The summed E-state index contributed by atoms with van der Waals surface area (Å²) < 4.78 is 5.29. The molecule has 1 aromatic heterocycles. The first-order valence-corrected chi connectivity index (χ1v) is 8.80. The topological polar surface area (TPSA) is 59.2 Å². The standard InChI is InChI=1S/C18H22ClN3O2/c1-22(12-16-20-18(24-21-16)14-5-3-6-14)17(23)7-2-4-13-8-10-15(19)11-9-13/h8-11,14H,2-7,12H2,1H3. The molecule has 0 unspecified atom stereocenters. The summed E-state index contributed by atoms with van der Waals surface area (Å²) in [6.45, 7) is 0.399. The Morgan fingerprint density at radius 2 is 2.08 bits per heavy atom. The fourth-order valence-electron chi connectivity index (χ4n) is 2.74. The summed E-state index contributed by atoms with van der Waals surface area (Å²) in [4.78, 5) is 18.3. The third-order valence-electron chi connectivity index (χ3n) is 4.51. The maximum Gasteiger partial charge on any atom is 0.229 e. The number of aryl methyl sites for hydroxylation is 1. The number of rotatable bonds is 7. The van der Waals surface area contributed by atoms with E-state index in [2.05, 4.69) is 10.1 Å². The molecule has 0 aliphatic heterocycles. The molecule has 1 heterocycles. The van der Waals surface area contributed by atoms with Gasteiger partial charge in [-0.2, -0.15) is 4.98 Å². The van der Waals surface area contributed by atoms with Gasteiger partial charge in [0.1, 0.15) is 0 Å². The van der Waals surface area contributed by atoms with Gasteiger partial charge in [-0.05, 0) is 43.4 Å². The largest absolute Gasteiger partial charge is 0.339 e. The predicted molar refractivity (Wildman–Crippen MR) is 91.8 cm³/mol. The molecular formula is C18H22ClN3O2. The zero-order valence-corrected chi connectivity index (χ0v) is 14.6. The lowest BCUT2D eigenvalue weighted by Gasteiger charge is -2.20. The van der Waals surface area contributed by atoms with Gasteiger partial charge in [0.2, 0.25) is 11.8 Å². The molecule has 1 fully saturated rings. The molecular weight excluding hydrogens is 326 g/mol. The summed E-state index contributed by atoms with van der Waals surface area (Å²) in [5, 5.41) is 4.72. The van der Waals surface area contributed by atoms with E-state index in [1.54, 1.807) is 11.9 Å². The van der Waals surface area contributed by atoms with E-state index < -0.39 is 0 Å². The zero-order valence-electron chi connectivity index (χ0n) is 13.9. The van der Waals surface area contributed by atoms with Crippen LogP contribution >= 0.6 is 11.6 Å². The van der Waals surface area contributed by atoms with Crippen molar-refractivity contribution in [3.8, 4) is 0 Å². The van der Waals surface area contributed by atoms with Crippen LogP contribution in [0.3, 0.4) is 0 Å². The SMILES string of the molecule is CN(Cc1noc(C2CCC2)n1)C(=O)CCCc1ccc(Cl)cc1. The van der Waals surface area contributed by atoms with Gasteiger partial charge >= 0.3 is 0 Å². The first kappa shape index (κ1) is 17.0. The number of halogens is 1. The molecule has 0 saturated heterocycles. The molecule has 0 bridgehead atoms. The average Bonchev–Trinajstić information content (AvgIpc) is 2.95. The van der Waals surface area contributed by atoms with E-state index in [-0.39, 0.29) is 5.91 Å². The van der Waals surface area contributed by atoms with Crippen molar-refractivity contribution in [1.82, 2.24) is 15.0 Å². The van der Waals surface area contributed by atoms with E-state index in [1.165, 1.54) is 12.0 Å². The Kier molecular flexibility index (Phi) is 5.51. The van der Waals surface area contributed by atoms with Gasteiger partial charge in [0.25, 0.3) is 0 Å². The molecule has 1 aromatic carbocycles. The van der Waals surface area contributed by atoms with E-state index >= 15 is 0 Å². The minimum atomic E-state index is 0.0963. The summed E-state index contributed by atoms with van der Waals surface area (Å²) in [7, 11) is 1.78. The predicted octanol–water partition coefficient (Wildman–Crippen LogP) is 3.97. The van der Waals surface area contributed by atoms with Gasteiger partial charge in [-0.1, -0.05) is 35.3 Å². The van der Waals surface area contributed by atoms with Gasteiger partial charge in [0, 0.05) is 24.4 Å². The average molecular weight is 348 g/mol. The first-order valence-electron chi connectivity index (χ1n) is 8.42. The molecule has 24 heavy (non-hydrogen) atoms. The molecule has 1 saturated carbocycles. The molecule has 0 radical (unpaired) electrons. The quantitative estimate of drug-likeness (QED) is 0.760. The van der Waals surface area contributed by atoms with E-state index in [1.807, 2.05) is 24.3 Å². The Bertz CT molecular complexity index is 680. The Hall–Kier alpha value is -1.88. The highest BCUT2D eigenvalue weighted by Crippen LogP contribution is 2.35. The van der Waals surface area contributed by atoms with E-state index in [0.717, 1.165) is 36.6 Å². The molecule has 6 heteroatoms. The lowest BCUT2D eigenvalue weighted by atomic mass is 9.85. The molecule has 1 amide bonds. The van der Waals surface area contributed by atoms with Crippen LogP contribution in [0.1, 0.15) is 55.3 Å². The van der Waals surface area contributed by atoms with Gasteiger partial charge in [0.05, 0.1) is 6.54 Å². The Labute approximate surface area is 147 Å². The van der Waals surface area contributed by atoms with Crippen molar-refractivity contribution in [1.29, 1.82) is 0 Å².